The molecule has 0 bridgehead atoms. The van der Waals surface area contributed by atoms with Crippen LogP contribution in [0.2, 0.25) is 0 Å². The molecule has 0 atom stereocenters. The van der Waals surface area contributed by atoms with Crippen LogP contribution in [-0.4, -0.2) is 38.9 Å². The zero-order chi connectivity index (χ0) is 24.3. The van der Waals surface area contributed by atoms with E-state index in [1.54, 1.807) is 0 Å². The van der Waals surface area contributed by atoms with Gasteiger partial charge in [0.25, 0.3) is 0 Å². The van der Waals surface area contributed by atoms with Crippen LogP contribution >= 0.6 is 0 Å². The average Bonchev–Trinajstić information content (AvgIpc) is 3.11. The van der Waals surface area contributed by atoms with Gasteiger partial charge in [-0.05, 0) is 31.0 Å². The van der Waals surface area contributed by atoms with E-state index in [4.69, 9.17) is 9.47 Å². The van der Waals surface area contributed by atoms with Crippen LogP contribution in [0.5, 0.6) is 5.75 Å². The lowest BCUT2D eigenvalue weighted by Gasteiger charge is -2.21. The van der Waals surface area contributed by atoms with Gasteiger partial charge in [0.05, 0.1) is 18.2 Å². The maximum Gasteiger partial charge on any atom is 0.338 e. The smallest absolute Gasteiger partial charge is 0.338 e. The number of esters is 1. The lowest BCUT2D eigenvalue weighted by Crippen LogP contribution is -2.32. The summed E-state index contributed by atoms with van der Waals surface area (Å²) in [5.74, 6) is -12.2. The van der Waals surface area contributed by atoms with Crippen molar-refractivity contribution in [3.05, 3.63) is 58.4 Å². The van der Waals surface area contributed by atoms with Crippen molar-refractivity contribution in [1.82, 2.24) is 4.31 Å². The normalized spacial score (nSPS) is 15.2. The number of hydrogen-bond donors (Lipinski definition) is 0. The molecule has 0 N–H and O–H groups in total. The second-order valence-corrected chi connectivity index (χ2v) is 9.21. The first kappa shape index (κ1) is 24.9. The maximum absolute atomic E-state index is 13.8. The molecule has 180 valence electrons. The number of methoxy groups -OCH3 is 1. The summed E-state index contributed by atoms with van der Waals surface area (Å²) in [6, 6.07) is 3.35. The summed E-state index contributed by atoms with van der Waals surface area (Å²) in [6.45, 7) is -0.675. The van der Waals surface area contributed by atoms with E-state index in [0.717, 1.165) is 25.0 Å². The van der Waals surface area contributed by atoms with Crippen molar-refractivity contribution >= 4 is 16.0 Å². The van der Waals surface area contributed by atoms with Gasteiger partial charge in [-0.1, -0.05) is 12.8 Å². The molecule has 6 nitrogen and oxygen atoms in total. The van der Waals surface area contributed by atoms with E-state index in [9.17, 15) is 35.2 Å². The highest BCUT2D eigenvalue weighted by molar-refractivity contribution is 7.89. The van der Waals surface area contributed by atoms with E-state index in [0.29, 0.717) is 25.9 Å². The highest BCUT2D eigenvalue weighted by Gasteiger charge is 2.30. The molecule has 1 heterocycles. The Bertz CT molecular complexity index is 1140. The first-order valence-corrected chi connectivity index (χ1v) is 11.4. The van der Waals surface area contributed by atoms with E-state index in [1.807, 2.05) is 0 Å². The maximum atomic E-state index is 13.8. The fraction of sp³-hybridized carbons (Fsp3) is 0.381. The standard InChI is InChI=1S/C21H20F5NO5S/c1-31-14-7-6-12(10-15(14)33(29,30)27-8-4-2-3-5-9-27)21(28)32-11-13-16(22)18(24)20(26)19(25)17(13)23/h6-7,10H,2-5,8-9,11H2,1H3. The van der Waals surface area contributed by atoms with E-state index < -0.39 is 57.2 Å². The van der Waals surface area contributed by atoms with Gasteiger partial charge in [0.15, 0.2) is 23.3 Å². The molecule has 3 rings (SSSR count). The molecule has 0 amide bonds. The summed E-state index contributed by atoms with van der Waals surface area (Å²) in [5, 5.41) is 0. The Morgan fingerprint density at radius 3 is 2.00 bits per heavy atom. The zero-order valence-electron chi connectivity index (χ0n) is 17.5. The molecule has 0 saturated carbocycles. The van der Waals surface area contributed by atoms with Crippen LogP contribution in [0, 0.1) is 29.1 Å². The minimum Gasteiger partial charge on any atom is -0.495 e. The van der Waals surface area contributed by atoms with Gasteiger partial charge in [-0.3, -0.25) is 0 Å². The Morgan fingerprint density at radius 1 is 0.909 bits per heavy atom. The van der Waals surface area contributed by atoms with Crippen molar-refractivity contribution in [2.45, 2.75) is 37.2 Å². The Balaban J connectivity index is 1.88. The minimum atomic E-state index is -4.04. The summed E-state index contributed by atoms with van der Waals surface area (Å²) in [5.41, 5.74) is -1.64. The van der Waals surface area contributed by atoms with Gasteiger partial charge in [-0.15, -0.1) is 0 Å². The molecular weight excluding hydrogens is 473 g/mol. The van der Waals surface area contributed by atoms with Crippen molar-refractivity contribution in [3.8, 4) is 5.75 Å². The lowest BCUT2D eigenvalue weighted by atomic mass is 10.1. The van der Waals surface area contributed by atoms with Crippen LogP contribution < -0.4 is 4.74 Å². The second kappa shape index (κ2) is 10.0. The Hall–Kier alpha value is -2.73. The van der Waals surface area contributed by atoms with Gasteiger partial charge in [-0.25, -0.2) is 35.2 Å². The van der Waals surface area contributed by atoms with Crippen LogP contribution in [0.4, 0.5) is 22.0 Å². The quantitative estimate of drug-likeness (QED) is 0.260. The van der Waals surface area contributed by atoms with Crippen molar-refractivity contribution in [3.63, 3.8) is 0 Å². The number of rotatable bonds is 6. The molecule has 1 aliphatic rings. The molecule has 1 fully saturated rings. The van der Waals surface area contributed by atoms with E-state index in [2.05, 4.69) is 0 Å². The number of nitrogens with zero attached hydrogens (tertiary/aromatic N) is 1. The average molecular weight is 493 g/mol. The third-order valence-electron chi connectivity index (χ3n) is 5.23. The number of sulfonamides is 1. The van der Waals surface area contributed by atoms with Crippen molar-refractivity contribution in [2.24, 2.45) is 0 Å². The molecule has 0 aliphatic carbocycles. The number of ether oxygens (including phenoxy) is 2. The summed E-state index contributed by atoms with van der Waals surface area (Å²) < 4.78 is 105. The molecule has 0 aromatic heterocycles. The Labute approximate surface area is 187 Å². The SMILES string of the molecule is COc1ccc(C(=O)OCc2c(F)c(F)c(F)c(F)c2F)cc1S(=O)(=O)N1CCCCCC1. The van der Waals surface area contributed by atoms with Crippen LogP contribution in [0.3, 0.4) is 0 Å². The van der Waals surface area contributed by atoms with Crippen molar-refractivity contribution < 1.29 is 44.6 Å². The van der Waals surface area contributed by atoms with E-state index in [-0.39, 0.29) is 16.2 Å². The van der Waals surface area contributed by atoms with Crippen LogP contribution in [0.25, 0.3) is 0 Å². The molecule has 33 heavy (non-hydrogen) atoms. The monoisotopic (exact) mass is 493 g/mol. The molecular formula is C21H20F5NO5S. The topological polar surface area (TPSA) is 72.9 Å². The highest BCUT2D eigenvalue weighted by Crippen LogP contribution is 2.30. The third kappa shape index (κ3) is 4.96. The predicted octanol–water partition coefficient (Wildman–Crippen LogP) is 4.31. The van der Waals surface area contributed by atoms with E-state index in [1.165, 1.54) is 17.5 Å². The molecule has 0 spiro atoms. The van der Waals surface area contributed by atoms with Crippen LogP contribution in [0.15, 0.2) is 23.1 Å². The number of carbonyl (C=O) groups is 1. The molecule has 0 radical (unpaired) electrons. The van der Waals surface area contributed by atoms with E-state index >= 15 is 0 Å². The fourth-order valence-corrected chi connectivity index (χ4v) is 5.12. The first-order chi connectivity index (χ1) is 15.6. The zero-order valence-corrected chi connectivity index (χ0v) is 18.3. The van der Waals surface area contributed by atoms with Crippen LogP contribution in [-0.2, 0) is 21.4 Å². The predicted molar refractivity (Wildman–Crippen MR) is 106 cm³/mol. The molecule has 2 aromatic carbocycles. The molecule has 12 heteroatoms. The summed E-state index contributed by atoms with van der Waals surface area (Å²) in [7, 11) is -2.79. The summed E-state index contributed by atoms with van der Waals surface area (Å²) >= 11 is 0. The van der Waals surface area contributed by atoms with Gasteiger partial charge < -0.3 is 9.47 Å². The Kier molecular flexibility index (Phi) is 7.58. The number of carbonyl (C=O) groups excluding carboxylic acids is 1. The van der Waals surface area contributed by atoms with Gasteiger partial charge in [0.1, 0.15) is 17.3 Å². The lowest BCUT2D eigenvalue weighted by molar-refractivity contribution is 0.0461. The van der Waals surface area contributed by atoms with Crippen molar-refractivity contribution in [1.29, 1.82) is 0 Å². The van der Waals surface area contributed by atoms with Gasteiger partial charge in [0.2, 0.25) is 15.8 Å². The number of hydrogen-bond acceptors (Lipinski definition) is 5. The Morgan fingerprint density at radius 2 is 1.45 bits per heavy atom. The fourth-order valence-electron chi connectivity index (χ4n) is 3.42. The summed E-state index contributed by atoms with van der Waals surface area (Å²) in [4.78, 5) is 12.1. The van der Waals surface area contributed by atoms with Gasteiger partial charge in [-0.2, -0.15) is 4.31 Å². The summed E-state index contributed by atoms with van der Waals surface area (Å²) in [6.07, 6.45) is 3.11. The molecule has 2 aromatic rings. The second-order valence-electron chi connectivity index (χ2n) is 7.31. The van der Waals surface area contributed by atoms with Crippen molar-refractivity contribution in [2.75, 3.05) is 20.2 Å². The number of benzene rings is 2. The molecule has 1 saturated heterocycles. The third-order valence-corrected chi connectivity index (χ3v) is 7.15. The molecule has 1 aliphatic heterocycles. The first-order valence-electron chi connectivity index (χ1n) is 9.95. The van der Waals surface area contributed by atoms with Gasteiger partial charge in [0, 0.05) is 13.1 Å². The van der Waals surface area contributed by atoms with Gasteiger partial charge >= 0.3 is 5.97 Å². The largest absolute Gasteiger partial charge is 0.495 e. The van der Waals surface area contributed by atoms with Crippen LogP contribution in [0.1, 0.15) is 41.6 Å². The number of halogens is 5. The minimum absolute atomic E-state index is 0.0319. The highest BCUT2D eigenvalue weighted by atomic mass is 32.2. The molecule has 0 unspecified atom stereocenters.